The van der Waals surface area contributed by atoms with Crippen molar-refractivity contribution < 1.29 is 9.47 Å². The molecule has 0 spiro atoms. The standard InChI is InChI=1S/C18H29NO2/c1-4-11-19-13-15-7-10-17(20-3)12-18(15)21-16-8-5-14(2)6-9-16/h7,10,12,14,16,19H,4-6,8-9,11,13H2,1-3H3. The summed E-state index contributed by atoms with van der Waals surface area (Å²) < 4.78 is 11.6. The number of nitrogens with one attached hydrogen (secondary N) is 1. The summed E-state index contributed by atoms with van der Waals surface area (Å²) in [6.45, 7) is 6.41. The molecule has 0 amide bonds. The third kappa shape index (κ3) is 4.92. The van der Waals surface area contributed by atoms with Gasteiger partial charge >= 0.3 is 0 Å². The van der Waals surface area contributed by atoms with Crippen molar-refractivity contribution in [2.75, 3.05) is 13.7 Å². The zero-order valence-electron chi connectivity index (χ0n) is 13.7. The Morgan fingerprint density at radius 2 is 1.95 bits per heavy atom. The first kappa shape index (κ1) is 16.2. The zero-order valence-corrected chi connectivity index (χ0v) is 13.7. The van der Waals surface area contributed by atoms with E-state index in [1.807, 2.05) is 12.1 Å². The van der Waals surface area contributed by atoms with Gasteiger partial charge in [-0.15, -0.1) is 0 Å². The molecule has 21 heavy (non-hydrogen) atoms. The average Bonchev–Trinajstić information content (AvgIpc) is 2.51. The van der Waals surface area contributed by atoms with Crippen LogP contribution in [0.5, 0.6) is 11.5 Å². The van der Waals surface area contributed by atoms with E-state index in [9.17, 15) is 0 Å². The first-order valence-electron chi connectivity index (χ1n) is 8.27. The summed E-state index contributed by atoms with van der Waals surface area (Å²) in [7, 11) is 1.70. The Morgan fingerprint density at radius 1 is 1.19 bits per heavy atom. The molecule has 0 aliphatic heterocycles. The summed E-state index contributed by atoms with van der Waals surface area (Å²) in [6, 6.07) is 6.15. The Balaban J connectivity index is 2.03. The Hall–Kier alpha value is -1.22. The maximum absolute atomic E-state index is 6.29. The highest BCUT2D eigenvalue weighted by molar-refractivity contribution is 5.41. The highest BCUT2D eigenvalue weighted by atomic mass is 16.5. The van der Waals surface area contributed by atoms with Crippen molar-refractivity contribution in [2.24, 2.45) is 5.92 Å². The van der Waals surface area contributed by atoms with Gasteiger partial charge in [0.1, 0.15) is 11.5 Å². The quantitative estimate of drug-likeness (QED) is 0.765. The van der Waals surface area contributed by atoms with E-state index in [4.69, 9.17) is 9.47 Å². The van der Waals surface area contributed by atoms with Crippen LogP contribution in [0.25, 0.3) is 0 Å². The molecular formula is C18H29NO2. The Bertz CT molecular complexity index is 425. The third-order valence-electron chi connectivity index (χ3n) is 4.27. The molecule has 1 aliphatic rings. The van der Waals surface area contributed by atoms with Gasteiger partial charge in [0.15, 0.2) is 0 Å². The van der Waals surface area contributed by atoms with Crippen molar-refractivity contribution in [2.45, 2.75) is 58.6 Å². The summed E-state index contributed by atoms with van der Waals surface area (Å²) >= 11 is 0. The lowest BCUT2D eigenvalue weighted by molar-refractivity contribution is 0.134. The van der Waals surface area contributed by atoms with E-state index in [2.05, 4.69) is 25.2 Å². The normalized spacial score (nSPS) is 22.0. The van der Waals surface area contributed by atoms with Crippen molar-refractivity contribution in [1.29, 1.82) is 0 Å². The number of rotatable bonds is 7. The number of hydrogen-bond donors (Lipinski definition) is 1. The van der Waals surface area contributed by atoms with Crippen LogP contribution in [0, 0.1) is 5.92 Å². The van der Waals surface area contributed by atoms with Gasteiger partial charge in [-0.05, 0) is 50.6 Å². The molecule has 0 unspecified atom stereocenters. The Morgan fingerprint density at radius 3 is 2.62 bits per heavy atom. The first-order chi connectivity index (χ1) is 10.2. The fourth-order valence-electron chi connectivity index (χ4n) is 2.84. The van der Waals surface area contributed by atoms with Crippen LogP contribution in [0.15, 0.2) is 18.2 Å². The Kier molecular flexibility index (Phi) is 6.37. The molecular weight excluding hydrogens is 262 g/mol. The topological polar surface area (TPSA) is 30.5 Å². The summed E-state index contributed by atoms with van der Waals surface area (Å²) in [5, 5.41) is 3.45. The molecule has 0 radical (unpaired) electrons. The predicted octanol–water partition coefficient (Wildman–Crippen LogP) is 4.15. The summed E-state index contributed by atoms with van der Waals surface area (Å²) in [4.78, 5) is 0. The van der Waals surface area contributed by atoms with Crippen molar-refractivity contribution >= 4 is 0 Å². The van der Waals surface area contributed by atoms with Gasteiger partial charge in [-0.1, -0.05) is 19.9 Å². The van der Waals surface area contributed by atoms with E-state index in [0.717, 1.165) is 36.9 Å². The molecule has 0 heterocycles. The molecule has 1 saturated carbocycles. The second kappa shape index (κ2) is 8.28. The van der Waals surface area contributed by atoms with Gasteiger partial charge < -0.3 is 14.8 Å². The minimum Gasteiger partial charge on any atom is -0.497 e. The van der Waals surface area contributed by atoms with Crippen molar-refractivity contribution in [1.82, 2.24) is 5.32 Å². The van der Waals surface area contributed by atoms with Crippen LogP contribution in [-0.2, 0) is 6.54 Å². The van der Waals surface area contributed by atoms with Crippen LogP contribution in [0.4, 0.5) is 0 Å². The van der Waals surface area contributed by atoms with E-state index in [1.54, 1.807) is 7.11 Å². The molecule has 1 aromatic rings. The maximum Gasteiger partial charge on any atom is 0.127 e. The molecule has 1 N–H and O–H groups in total. The molecule has 1 aromatic carbocycles. The van der Waals surface area contributed by atoms with Gasteiger partial charge in [0, 0.05) is 18.2 Å². The van der Waals surface area contributed by atoms with Crippen molar-refractivity contribution in [3.8, 4) is 11.5 Å². The summed E-state index contributed by atoms with van der Waals surface area (Å²) in [6.07, 6.45) is 6.39. The third-order valence-corrected chi connectivity index (χ3v) is 4.27. The number of methoxy groups -OCH3 is 1. The molecule has 3 heteroatoms. The van der Waals surface area contributed by atoms with E-state index in [1.165, 1.54) is 31.2 Å². The summed E-state index contributed by atoms with van der Waals surface area (Å²) in [5.74, 6) is 2.70. The largest absolute Gasteiger partial charge is 0.497 e. The second-order valence-corrected chi connectivity index (χ2v) is 6.15. The fraction of sp³-hybridized carbons (Fsp3) is 0.667. The van der Waals surface area contributed by atoms with Crippen LogP contribution < -0.4 is 14.8 Å². The van der Waals surface area contributed by atoms with Gasteiger partial charge in [-0.25, -0.2) is 0 Å². The minimum atomic E-state index is 0.359. The van der Waals surface area contributed by atoms with Crippen molar-refractivity contribution in [3.63, 3.8) is 0 Å². The van der Waals surface area contributed by atoms with Crippen LogP contribution in [-0.4, -0.2) is 19.8 Å². The average molecular weight is 291 g/mol. The Labute approximate surface area is 129 Å². The first-order valence-corrected chi connectivity index (χ1v) is 8.27. The van der Waals surface area contributed by atoms with Gasteiger partial charge in [0.05, 0.1) is 13.2 Å². The molecule has 3 nitrogen and oxygen atoms in total. The maximum atomic E-state index is 6.29. The van der Waals surface area contributed by atoms with Crippen LogP contribution in [0.2, 0.25) is 0 Å². The van der Waals surface area contributed by atoms with Gasteiger partial charge in [0.2, 0.25) is 0 Å². The number of ether oxygens (including phenoxy) is 2. The highest BCUT2D eigenvalue weighted by Gasteiger charge is 2.20. The lowest BCUT2D eigenvalue weighted by Crippen LogP contribution is -2.24. The molecule has 1 aliphatic carbocycles. The minimum absolute atomic E-state index is 0.359. The lowest BCUT2D eigenvalue weighted by Gasteiger charge is -2.28. The van der Waals surface area contributed by atoms with Crippen molar-refractivity contribution in [3.05, 3.63) is 23.8 Å². The summed E-state index contributed by atoms with van der Waals surface area (Å²) in [5.41, 5.74) is 1.22. The smallest absolute Gasteiger partial charge is 0.127 e. The van der Waals surface area contributed by atoms with Gasteiger partial charge in [-0.2, -0.15) is 0 Å². The van der Waals surface area contributed by atoms with Gasteiger partial charge in [-0.3, -0.25) is 0 Å². The van der Waals surface area contributed by atoms with Crippen LogP contribution in [0.3, 0.4) is 0 Å². The van der Waals surface area contributed by atoms with Crippen LogP contribution >= 0.6 is 0 Å². The second-order valence-electron chi connectivity index (χ2n) is 6.15. The molecule has 2 rings (SSSR count). The highest BCUT2D eigenvalue weighted by Crippen LogP contribution is 2.31. The van der Waals surface area contributed by atoms with E-state index in [-0.39, 0.29) is 0 Å². The van der Waals surface area contributed by atoms with E-state index < -0.39 is 0 Å². The monoisotopic (exact) mass is 291 g/mol. The zero-order chi connectivity index (χ0) is 15.1. The van der Waals surface area contributed by atoms with E-state index >= 15 is 0 Å². The predicted molar refractivity (Wildman–Crippen MR) is 87.0 cm³/mol. The molecule has 1 fully saturated rings. The SMILES string of the molecule is CCCNCc1ccc(OC)cc1OC1CCC(C)CC1. The molecule has 118 valence electrons. The molecule has 0 atom stereocenters. The fourth-order valence-corrected chi connectivity index (χ4v) is 2.84. The van der Waals surface area contributed by atoms with Gasteiger partial charge in [0.25, 0.3) is 0 Å². The molecule has 0 bridgehead atoms. The van der Waals surface area contributed by atoms with E-state index in [0.29, 0.717) is 6.10 Å². The van der Waals surface area contributed by atoms with Crippen LogP contribution in [0.1, 0.15) is 51.5 Å². The number of benzene rings is 1. The molecule has 0 aromatic heterocycles. The lowest BCUT2D eigenvalue weighted by atomic mass is 9.89. The molecule has 0 saturated heterocycles. The number of hydrogen-bond acceptors (Lipinski definition) is 3.